The van der Waals surface area contributed by atoms with E-state index < -0.39 is 0 Å². The molecule has 3 aromatic rings. The number of aromatic nitrogens is 2. The molecule has 2 heterocycles. The van der Waals surface area contributed by atoms with Gasteiger partial charge in [-0.2, -0.15) is 0 Å². The van der Waals surface area contributed by atoms with Gasteiger partial charge in [0.15, 0.2) is 5.16 Å². The molecule has 0 spiro atoms. The van der Waals surface area contributed by atoms with Gasteiger partial charge in [-0.25, -0.2) is 9.97 Å². The first-order valence-corrected chi connectivity index (χ1v) is 14.8. The van der Waals surface area contributed by atoms with Gasteiger partial charge in [0.25, 0.3) is 5.91 Å². The van der Waals surface area contributed by atoms with E-state index in [0.717, 1.165) is 67.9 Å². The Bertz CT molecular complexity index is 1160. The third-order valence-electron chi connectivity index (χ3n) is 7.49. The van der Waals surface area contributed by atoms with E-state index in [2.05, 4.69) is 45.5 Å². The molecule has 1 amide bonds. The summed E-state index contributed by atoms with van der Waals surface area (Å²) in [7, 11) is 0. The van der Waals surface area contributed by atoms with Crippen molar-refractivity contribution in [1.29, 1.82) is 0 Å². The van der Waals surface area contributed by atoms with E-state index in [4.69, 9.17) is 16.6 Å². The van der Waals surface area contributed by atoms with Gasteiger partial charge in [0.2, 0.25) is 0 Å². The fourth-order valence-corrected chi connectivity index (χ4v) is 6.38. The van der Waals surface area contributed by atoms with E-state index in [0.29, 0.717) is 22.3 Å². The molecule has 0 atom stereocenters. The van der Waals surface area contributed by atoms with Crippen LogP contribution in [-0.4, -0.2) is 35.0 Å². The van der Waals surface area contributed by atoms with Gasteiger partial charge in [0.1, 0.15) is 11.0 Å². The van der Waals surface area contributed by atoms with E-state index >= 15 is 0 Å². The minimum absolute atomic E-state index is 0.0291. The standard InChI is InChI=1S/C30H35ClN4OS/c31-27-20-28(35-17-15-23(16-18-35)19-22-7-3-1-4-8-22)34-30(33-27)37-21-24-11-13-25(14-12-24)29(36)32-26-9-5-2-6-10-26/h1,3-4,7-8,11-14,20,23,26H,2,5-6,9-10,15-19,21H2,(H,32,36). The Balaban J connectivity index is 1.13. The second-order valence-electron chi connectivity index (χ2n) is 10.2. The quantitative estimate of drug-likeness (QED) is 0.192. The summed E-state index contributed by atoms with van der Waals surface area (Å²) in [6, 6.07) is 20.8. The molecular formula is C30H35ClN4OS. The van der Waals surface area contributed by atoms with Crippen molar-refractivity contribution in [2.75, 3.05) is 18.0 Å². The maximum atomic E-state index is 12.6. The maximum absolute atomic E-state index is 12.6. The van der Waals surface area contributed by atoms with Crippen LogP contribution in [-0.2, 0) is 12.2 Å². The third kappa shape index (κ3) is 7.48. The molecule has 1 aromatic heterocycles. The molecule has 1 saturated carbocycles. The number of halogens is 1. The average Bonchev–Trinajstić information content (AvgIpc) is 2.93. The van der Waals surface area contributed by atoms with Crippen LogP contribution < -0.4 is 10.2 Å². The van der Waals surface area contributed by atoms with Gasteiger partial charge in [0, 0.05) is 36.5 Å². The van der Waals surface area contributed by atoms with Crippen LogP contribution in [0, 0.1) is 5.92 Å². The number of nitrogens with zero attached hydrogens (tertiary/aromatic N) is 3. The number of piperidine rings is 1. The van der Waals surface area contributed by atoms with Gasteiger partial charge in [-0.05, 0) is 61.3 Å². The highest BCUT2D eigenvalue weighted by Gasteiger charge is 2.22. The lowest BCUT2D eigenvalue weighted by molar-refractivity contribution is 0.0927. The number of thioether (sulfide) groups is 1. The van der Waals surface area contributed by atoms with Gasteiger partial charge in [0.05, 0.1) is 0 Å². The molecule has 0 unspecified atom stereocenters. The minimum atomic E-state index is 0.0291. The summed E-state index contributed by atoms with van der Waals surface area (Å²) in [5.74, 6) is 2.37. The van der Waals surface area contributed by atoms with Crippen LogP contribution in [0.25, 0.3) is 0 Å². The Morgan fingerprint density at radius 3 is 2.38 bits per heavy atom. The number of rotatable bonds is 8. The SMILES string of the molecule is O=C(NC1CCCCC1)c1ccc(CSc2nc(Cl)cc(N3CCC(Cc4ccccc4)CC3)n2)cc1. The van der Waals surface area contributed by atoms with E-state index in [1.807, 2.05) is 30.3 Å². The molecule has 1 aliphatic heterocycles. The first-order valence-electron chi connectivity index (χ1n) is 13.5. The van der Waals surface area contributed by atoms with Crippen molar-refractivity contribution in [3.63, 3.8) is 0 Å². The zero-order chi connectivity index (χ0) is 25.5. The van der Waals surface area contributed by atoms with Crippen molar-refractivity contribution in [3.8, 4) is 0 Å². The number of carbonyl (C=O) groups excluding carboxylic acids is 1. The number of hydrogen-bond acceptors (Lipinski definition) is 5. The van der Waals surface area contributed by atoms with Crippen molar-refractivity contribution < 1.29 is 4.79 Å². The van der Waals surface area contributed by atoms with Crippen molar-refractivity contribution in [1.82, 2.24) is 15.3 Å². The molecule has 2 fully saturated rings. The summed E-state index contributed by atoms with van der Waals surface area (Å²) in [4.78, 5) is 24.2. The van der Waals surface area contributed by atoms with Crippen molar-refractivity contribution >= 4 is 35.1 Å². The zero-order valence-electron chi connectivity index (χ0n) is 21.2. The first-order chi connectivity index (χ1) is 18.1. The van der Waals surface area contributed by atoms with Crippen LogP contribution >= 0.6 is 23.4 Å². The van der Waals surface area contributed by atoms with E-state index in [1.165, 1.54) is 24.8 Å². The number of amides is 1. The fraction of sp³-hybridized carbons (Fsp3) is 0.433. The lowest BCUT2D eigenvalue weighted by Gasteiger charge is -2.33. The molecule has 0 radical (unpaired) electrons. The molecule has 5 rings (SSSR count). The van der Waals surface area contributed by atoms with E-state index in [1.54, 1.807) is 11.8 Å². The van der Waals surface area contributed by atoms with Gasteiger partial charge >= 0.3 is 0 Å². The molecule has 1 N–H and O–H groups in total. The lowest BCUT2D eigenvalue weighted by atomic mass is 9.90. The molecule has 2 aliphatic rings. The summed E-state index contributed by atoms with van der Waals surface area (Å²) in [6.45, 7) is 1.97. The highest BCUT2D eigenvalue weighted by molar-refractivity contribution is 7.98. The summed E-state index contributed by atoms with van der Waals surface area (Å²) >= 11 is 7.96. The Morgan fingerprint density at radius 1 is 0.919 bits per heavy atom. The van der Waals surface area contributed by atoms with Gasteiger partial charge < -0.3 is 10.2 Å². The third-order valence-corrected chi connectivity index (χ3v) is 8.60. The van der Waals surface area contributed by atoms with Crippen molar-refractivity contribution in [2.45, 2.75) is 68.3 Å². The van der Waals surface area contributed by atoms with Gasteiger partial charge in [-0.1, -0.05) is 85.1 Å². The summed E-state index contributed by atoms with van der Waals surface area (Å²) in [5.41, 5.74) is 3.27. The minimum Gasteiger partial charge on any atom is -0.356 e. The second-order valence-corrected chi connectivity index (χ2v) is 11.6. The number of benzene rings is 2. The second kappa shape index (κ2) is 12.8. The summed E-state index contributed by atoms with van der Waals surface area (Å²) in [5, 5.41) is 4.36. The number of carbonyl (C=O) groups is 1. The van der Waals surface area contributed by atoms with Crippen LogP contribution in [0.15, 0.2) is 65.8 Å². The molecule has 1 saturated heterocycles. The van der Waals surface area contributed by atoms with Gasteiger partial charge in [-0.3, -0.25) is 4.79 Å². The molecule has 1 aliphatic carbocycles. The van der Waals surface area contributed by atoms with Crippen molar-refractivity contribution in [3.05, 3.63) is 82.5 Å². The Kier molecular flexibility index (Phi) is 9.01. The molecule has 194 valence electrons. The monoisotopic (exact) mass is 534 g/mol. The first kappa shape index (κ1) is 26.1. The summed E-state index contributed by atoms with van der Waals surface area (Å²) < 4.78 is 0. The predicted octanol–water partition coefficient (Wildman–Crippen LogP) is 6.94. The highest BCUT2D eigenvalue weighted by Crippen LogP contribution is 2.29. The molecule has 2 aromatic carbocycles. The topological polar surface area (TPSA) is 58.1 Å². The molecule has 0 bridgehead atoms. The molecule has 5 nitrogen and oxygen atoms in total. The Labute approximate surface area is 229 Å². The Morgan fingerprint density at radius 2 is 1.65 bits per heavy atom. The van der Waals surface area contributed by atoms with E-state index in [9.17, 15) is 4.79 Å². The molecule has 7 heteroatoms. The normalized spacial score (nSPS) is 17.1. The average molecular weight is 535 g/mol. The fourth-order valence-electron chi connectivity index (χ4n) is 5.34. The van der Waals surface area contributed by atoms with Crippen LogP contribution in [0.3, 0.4) is 0 Å². The largest absolute Gasteiger partial charge is 0.356 e. The van der Waals surface area contributed by atoms with Crippen LogP contribution in [0.1, 0.15) is 66.4 Å². The number of nitrogens with one attached hydrogen (secondary N) is 1. The lowest BCUT2D eigenvalue weighted by Crippen LogP contribution is -2.36. The Hall–Kier alpha value is -2.57. The van der Waals surface area contributed by atoms with E-state index in [-0.39, 0.29) is 5.91 Å². The van der Waals surface area contributed by atoms with Gasteiger partial charge in [-0.15, -0.1) is 0 Å². The number of hydrogen-bond donors (Lipinski definition) is 1. The van der Waals surface area contributed by atoms with Crippen LogP contribution in [0.5, 0.6) is 0 Å². The number of anilines is 1. The predicted molar refractivity (Wildman–Crippen MR) is 152 cm³/mol. The zero-order valence-corrected chi connectivity index (χ0v) is 22.8. The van der Waals surface area contributed by atoms with Crippen LogP contribution in [0.4, 0.5) is 5.82 Å². The van der Waals surface area contributed by atoms with Crippen LogP contribution in [0.2, 0.25) is 5.15 Å². The summed E-state index contributed by atoms with van der Waals surface area (Å²) in [6.07, 6.45) is 9.33. The van der Waals surface area contributed by atoms with Crippen molar-refractivity contribution in [2.24, 2.45) is 5.92 Å². The molecular weight excluding hydrogens is 500 g/mol. The maximum Gasteiger partial charge on any atom is 0.251 e. The molecule has 37 heavy (non-hydrogen) atoms. The highest BCUT2D eigenvalue weighted by atomic mass is 35.5. The smallest absolute Gasteiger partial charge is 0.251 e.